The zero-order valence-electron chi connectivity index (χ0n) is 16.1. The second-order valence-electron chi connectivity index (χ2n) is 7.46. The SMILES string of the molecule is CC(C)C(C)NC(=O)C1CCN(c2cccc(S(C)(=O)=O)c2[N+](=O)[O-])CC1. The zero-order valence-corrected chi connectivity index (χ0v) is 17.0. The Balaban J connectivity index is 2.17. The van der Waals surface area contributed by atoms with Crippen LogP contribution in [0.4, 0.5) is 11.4 Å². The molecule has 2 rings (SSSR count). The minimum absolute atomic E-state index is 0.00948. The van der Waals surface area contributed by atoms with E-state index in [2.05, 4.69) is 5.32 Å². The van der Waals surface area contributed by atoms with E-state index in [1.165, 1.54) is 12.1 Å². The molecule has 1 atom stereocenters. The highest BCUT2D eigenvalue weighted by Gasteiger charge is 2.32. The summed E-state index contributed by atoms with van der Waals surface area (Å²) in [6, 6.07) is 4.42. The minimum Gasteiger partial charge on any atom is -0.366 e. The average molecular weight is 397 g/mol. The molecule has 0 saturated carbocycles. The highest BCUT2D eigenvalue weighted by Crippen LogP contribution is 2.36. The Morgan fingerprint density at radius 1 is 1.26 bits per heavy atom. The Kier molecular flexibility index (Phi) is 6.46. The standard InChI is InChI=1S/C18H27N3O5S/c1-12(2)13(3)19-18(22)14-8-10-20(11-9-14)15-6-5-7-16(27(4,25)26)17(15)21(23)24/h5-7,12-14H,8-11H2,1-4H3,(H,19,22). The third-order valence-electron chi connectivity index (χ3n) is 5.14. The second-order valence-corrected chi connectivity index (χ2v) is 9.44. The predicted octanol–water partition coefficient (Wildman–Crippen LogP) is 2.38. The molecule has 27 heavy (non-hydrogen) atoms. The summed E-state index contributed by atoms with van der Waals surface area (Å²) >= 11 is 0. The van der Waals surface area contributed by atoms with Gasteiger partial charge in [-0.3, -0.25) is 14.9 Å². The average Bonchev–Trinajstić information content (AvgIpc) is 2.60. The van der Waals surface area contributed by atoms with Gasteiger partial charge >= 0.3 is 5.69 Å². The first-order valence-corrected chi connectivity index (χ1v) is 10.9. The number of carbonyl (C=O) groups is 1. The van der Waals surface area contributed by atoms with Crippen LogP contribution in [0.15, 0.2) is 23.1 Å². The largest absolute Gasteiger partial charge is 0.366 e. The van der Waals surface area contributed by atoms with Crippen molar-refractivity contribution in [2.75, 3.05) is 24.2 Å². The number of hydrogen-bond donors (Lipinski definition) is 1. The van der Waals surface area contributed by atoms with Crippen molar-refractivity contribution in [1.82, 2.24) is 5.32 Å². The van der Waals surface area contributed by atoms with Crippen LogP contribution in [-0.4, -0.2) is 44.6 Å². The number of piperidine rings is 1. The fraction of sp³-hybridized carbons (Fsp3) is 0.611. The van der Waals surface area contributed by atoms with E-state index in [9.17, 15) is 23.3 Å². The van der Waals surface area contributed by atoms with Gasteiger partial charge in [-0.25, -0.2) is 8.42 Å². The van der Waals surface area contributed by atoms with Gasteiger partial charge in [-0.05, 0) is 37.8 Å². The highest BCUT2D eigenvalue weighted by molar-refractivity contribution is 7.90. The molecule has 1 aromatic rings. The van der Waals surface area contributed by atoms with Gasteiger partial charge in [-0.2, -0.15) is 0 Å². The first-order valence-electron chi connectivity index (χ1n) is 9.05. The molecule has 0 spiro atoms. The molecule has 1 aromatic carbocycles. The number of anilines is 1. The molecule has 0 radical (unpaired) electrons. The number of nitro groups is 1. The Bertz CT molecular complexity index is 814. The van der Waals surface area contributed by atoms with Gasteiger partial charge in [0.25, 0.3) is 0 Å². The molecule has 150 valence electrons. The van der Waals surface area contributed by atoms with Gasteiger partial charge < -0.3 is 10.2 Å². The smallest absolute Gasteiger partial charge is 0.311 e. The number of nitrogens with one attached hydrogen (secondary N) is 1. The quantitative estimate of drug-likeness (QED) is 0.583. The van der Waals surface area contributed by atoms with Gasteiger partial charge in [-0.15, -0.1) is 0 Å². The third kappa shape index (κ3) is 4.97. The van der Waals surface area contributed by atoms with E-state index >= 15 is 0 Å². The maximum Gasteiger partial charge on any atom is 0.311 e. The molecule has 1 unspecified atom stereocenters. The number of nitro benzene ring substituents is 1. The van der Waals surface area contributed by atoms with Crippen molar-refractivity contribution >= 4 is 27.1 Å². The molecule has 0 bridgehead atoms. The van der Waals surface area contributed by atoms with Crippen LogP contribution in [-0.2, 0) is 14.6 Å². The molecule has 0 aliphatic carbocycles. The predicted molar refractivity (Wildman–Crippen MR) is 104 cm³/mol. The topological polar surface area (TPSA) is 110 Å². The van der Waals surface area contributed by atoms with Gasteiger partial charge in [-0.1, -0.05) is 19.9 Å². The molecule has 1 heterocycles. The second kappa shape index (κ2) is 8.24. The summed E-state index contributed by atoms with van der Waals surface area (Å²) in [5, 5.41) is 14.6. The van der Waals surface area contributed by atoms with Crippen LogP contribution >= 0.6 is 0 Å². The fourth-order valence-electron chi connectivity index (χ4n) is 3.14. The molecular formula is C18H27N3O5S. The van der Waals surface area contributed by atoms with Gasteiger partial charge in [0, 0.05) is 31.3 Å². The van der Waals surface area contributed by atoms with Gasteiger partial charge in [0.15, 0.2) is 9.84 Å². The van der Waals surface area contributed by atoms with Crippen LogP contribution in [0.3, 0.4) is 0 Å². The van der Waals surface area contributed by atoms with Crippen molar-refractivity contribution < 1.29 is 18.1 Å². The molecule has 8 nitrogen and oxygen atoms in total. The lowest BCUT2D eigenvalue weighted by atomic mass is 9.94. The van der Waals surface area contributed by atoms with Crippen LogP contribution in [0.1, 0.15) is 33.6 Å². The maximum absolute atomic E-state index is 12.4. The first-order chi connectivity index (χ1) is 12.5. The van der Waals surface area contributed by atoms with Crippen molar-refractivity contribution in [2.45, 2.75) is 44.6 Å². The number of rotatable bonds is 6. The third-order valence-corrected chi connectivity index (χ3v) is 6.26. The van der Waals surface area contributed by atoms with Crippen LogP contribution < -0.4 is 10.2 Å². The number of hydrogen-bond acceptors (Lipinski definition) is 6. The molecule has 1 aliphatic heterocycles. The van der Waals surface area contributed by atoms with E-state index in [1.54, 1.807) is 11.0 Å². The Morgan fingerprint density at radius 3 is 2.33 bits per heavy atom. The van der Waals surface area contributed by atoms with Crippen molar-refractivity contribution in [3.63, 3.8) is 0 Å². The van der Waals surface area contributed by atoms with Crippen LogP contribution in [0.5, 0.6) is 0 Å². The molecule has 1 amide bonds. The lowest BCUT2D eigenvalue weighted by molar-refractivity contribution is -0.387. The van der Waals surface area contributed by atoms with E-state index in [-0.39, 0.29) is 28.4 Å². The monoisotopic (exact) mass is 397 g/mol. The summed E-state index contributed by atoms with van der Waals surface area (Å²) in [6.07, 6.45) is 2.10. The first kappa shape index (κ1) is 21.1. The number of amides is 1. The molecule has 1 saturated heterocycles. The molecule has 1 N–H and O–H groups in total. The molecule has 1 fully saturated rings. The van der Waals surface area contributed by atoms with Crippen molar-refractivity contribution in [3.8, 4) is 0 Å². The van der Waals surface area contributed by atoms with Crippen LogP contribution in [0.2, 0.25) is 0 Å². The van der Waals surface area contributed by atoms with E-state index in [0.29, 0.717) is 31.8 Å². The van der Waals surface area contributed by atoms with Crippen molar-refractivity contribution in [2.24, 2.45) is 11.8 Å². The Labute approximate surface area is 160 Å². The number of benzene rings is 1. The summed E-state index contributed by atoms with van der Waals surface area (Å²) in [5.41, 5.74) is -0.103. The number of para-hydroxylation sites is 1. The lowest BCUT2D eigenvalue weighted by Gasteiger charge is -2.33. The van der Waals surface area contributed by atoms with Gasteiger partial charge in [0.05, 0.1) is 4.92 Å². The molecule has 1 aliphatic rings. The van der Waals surface area contributed by atoms with Crippen molar-refractivity contribution in [3.05, 3.63) is 28.3 Å². The summed E-state index contributed by atoms with van der Waals surface area (Å²) < 4.78 is 23.8. The normalized spacial score (nSPS) is 17.0. The van der Waals surface area contributed by atoms with Gasteiger partial charge in [0.2, 0.25) is 5.91 Å². The molecular weight excluding hydrogens is 370 g/mol. The van der Waals surface area contributed by atoms with E-state index < -0.39 is 20.4 Å². The minimum atomic E-state index is -3.72. The summed E-state index contributed by atoms with van der Waals surface area (Å²) in [6.45, 7) is 6.98. The Hall–Kier alpha value is -2.16. The molecule has 0 aromatic heterocycles. The van der Waals surface area contributed by atoms with Crippen LogP contribution in [0, 0.1) is 22.0 Å². The zero-order chi connectivity index (χ0) is 20.4. The summed E-state index contributed by atoms with van der Waals surface area (Å²) in [7, 11) is -3.72. The van der Waals surface area contributed by atoms with E-state index in [4.69, 9.17) is 0 Å². The lowest BCUT2D eigenvalue weighted by Crippen LogP contribution is -2.44. The van der Waals surface area contributed by atoms with E-state index in [1.807, 2.05) is 20.8 Å². The van der Waals surface area contributed by atoms with Crippen LogP contribution in [0.25, 0.3) is 0 Å². The number of sulfone groups is 1. The fourth-order valence-corrected chi connectivity index (χ4v) is 4.00. The number of nitrogens with zero attached hydrogens (tertiary/aromatic N) is 2. The highest BCUT2D eigenvalue weighted by atomic mass is 32.2. The Morgan fingerprint density at radius 2 is 1.85 bits per heavy atom. The maximum atomic E-state index is 12.4. The molecule has 9 heteroatoms. The number of carbonyl (C=O) groups excluding carboxylic acids is 1. The van der Waals surface area contributed by atoms with Gasteiger partial charge in [0.1, 0.15) is 10.6 Å². The van der Waals surface area contributed by atoms with E-state index in [0.717, 1.165) is 6.26 Å². The summed E-state index contributed by atoms with van der Waals surface area (Å²) in [5.74, 6) is 0.213. The van der Waals surface area contributed by atoms with Crippen molar-refractivity contribution in [1.29, 1.82) is 0 Å². The summed E-state index contributed by atoms with van der Waals surface area (Å²) in [4.78, 5) is 24.8.